The van der Waals surface area contributed by atoms with Crippen LogP contribution >= 0.6 is 0 Å². The minimum Gasteiger partial charge on any atom is -0.437 e. The van der Waals surface area contributed by atoms with Gasteiger partial charge >= 0.3 is 0 Å². The van der Waals surface area contributed by atoms with E-state index in [1.54, 1.807) is 6.07 Å². The lowest BCUT2D eigenvalue weighted by molar-refractivity contribution is 0.639. The summed E-state index contributed by atoms with van der Waals surface area (Å²) in [5, 5.41) is 1.67. The molecule has 0 aliphatic rings. The number of hydrogen-bond donors (Lipinski definition) is 0. The highest BCUT2D eigenvalue weighted by Gasteiger charge is 2.24. The van der Waals surface area contributed by atoms with Crippen LogP contribution in [0.25, 0.3) is 33.3 Å². The zero-order valence-corrected chi connectivity index (χ0v) is 16.3. The Morgan fingerprint density at radius 2 is 1.72 bits per heavy atom. The molecule has 0 amide bonds. The molecule has 142 valence electrons. The largest absolute Gasteiger partial charge is 0.437 e. The quantitative estimate of drug-likeness (QED) is 0.350. The molecule has 0 aliphatic carbocycles. The Morgan fingerprint density at radius 1 is 0.862 bits per heavy atom. The molecule has 3 nitrogen and oxygen atoms in total. The molecule has 0 unspecified atom stereocenters. The SMILES string of the molecule is [2H]C([2H])([2H])c1ccc2c(n1)oc1c(-c3cc(C(C)(C)c4ccccc4)ccn3)cccc12. The second-order valence-electron chi connectivity index (χ2n) is 7.75. The Bertz CT molecular complexity index is 1440. The first kappa shape index (κ1) is 14.5. The fourth-order valence-corrected chi connectivity index (χ4v) is 3.87. The summed E-state index contributed by atoms with van der Waals surface area (Å²) >= 11 is 0. The van der Waals surface area contributed by atoms with Crippen molar-refractivity contribution in [3.8, 4) is 11.3 Å². The normalized spacial score (nSPS) is 13.9. The summed E-state index contributed by atoms with van der Waals surface area (Å²) in [4.78, 5) is 8.89. The number of para-hydroxylation sites is 1. The van der Waals surface area contributed by atoms with E-state index in [-0.39, 0.29) is 11.1 Å². The summed E-state index contributed by atoms with van der Waals surface area (Å²) < 4.78 is 29.0. The molecule has 2 aromatic carbocycles. The maximum absolute atomic E-state index is 7.63. The molecule has 3 heterocycles. The van der Waals surface area contributed by atoms with Gasteiger partial charge in [0.1, 0.15) is 5.58 Å². The molecular formula is C26H22N2O. The zero-order valence-electron chi connectivity index (χ0n) is 19.3. The molecule has 5 aromatic rings. The summed E-state index contributed by atoms with van der Waals surface area (Å²) in [6.45, 7) is 2.11. The van der Waals surface area contributed by atoms with Crippen molar-refractivity contribution in [1.29, 1.82) is 0 Å². The van der Waals surface area contributed by atoms with Crippen LogP contribution in [0, 0.1) is 6.85 Å². The smallest absolute Gasteiger partial charge is 0.227 e. The number of fused-ring (bicyclic) bond motifs is 3. The molecule has 0 radical (unpaired) electrons. The molecule has 0 fully saturated rings. The van der Waals surface area contributed by atoms with E-state index in [1.165, 1.54) is 11.6 Å². The van der Waals surface area contributed by atoms with Crippen molar-refractivity contribution in [1.82, 2.24) is 9.97 Å². The fourth-order valence-electron chi connectivity index (χ4n) is 3.87. The van der Waals surface area contributed by atoms with Crippen LogP contribution in [0.3, 0.4) is 0 Å². The first-order valence-corrected chi connectivity index (χ1v) is 9.60. The van der Waals surface area contributed by atoms with Crippen molar-refractivity contribution >= 4 is 22.1 Å². The fraction of sp³-hybridized carbons (Fsp3) is 0.154. The Labute approximate surface area is 174 Å². The van der Waals surface area contributed by atoms with Crippen LogP contribution in [0.1, 0.15) is 34.8 Å². The van der Waals surface area contributed by atoms with Crippen LogP contribution in [0.4, 0.5) is 0 Å². The Hall–Kier alpha value is -3.46. The van der Waals surface area contributed by atoms with E-state index in [1.807, 2.05) is 36.5 Å². The second-order valence-corrected chi connectivity index (χ2v) is 7.75. The summed E-state index contributed by atoms with van der Waals surface area (Å²) in [5.74, 6) is 0. The van der Waals surface area contributed by atoms with Gasteiger partial charge in [-0.2, -0.15) is 0 Å². The van der Waals surface area contributed by atoms with E-state index in [9.17, 15) is 0 Å². The Kier molecular flexibility index (Phi) is 3.28. The standard InChI is InChI=1S/C26H22N2O/c1-17-12-13-21-20-10-7-11-22(24(20)29-25(21)28-17)23-16-19(14-15-27-23)26(2,3)18-8-5-4-6-9-18/h4-16H,1-3H3/i1D3. The van der Waals surface area contributed by atoms with Crippen LogP contribution in [0.15, 0.2) is 83.4 Å². The van der Waals surface area contributed by atoms with Crippen molar-refractivity contribution in [3.63, 3.8) is 0 Å². The predicted octanol–water partition coefficient (Wildman–Crippen LogP) is 6.68. The van der Waals surface area contributed by atoms with Crippen LogP contribution in [-0.2, 0) is 5.41 Å². The lowest BCUT2D eigenvalue weighted by atomic mass is 9.78. The molecule has 0 N–H and O–H groups in total. The van der Waals surface area contributed by atoms with Crippen molar-refractivity contribution in [2.24, 2.45) is 0 Å². The summed E-state index contributed by atoms with van der Waals surface area (Å²) in [7, 11) is 0. The van der Waals surface area contributed by atoms with Crippen molar-refractivity contribution < 1.29 is 8.53 Å². The number of furan rings is 1. The molecule has 3 aromatic heterocycles. The van der Waals surface area contributed by atoms with E-state index < -0.39 is 6.85 Å². The van der Waals surface area contributed by atoms with Gasteiger partial charge in [0.25, 0.3) is 0 Å². The van der Waals surface area contributed by atoms with E-state index >= 15 is 0 Å². The summed E-state index contributed by atoms with van der Waals surface area (Å²) in [6.07, 6.45) is 1.82. The molecule has 5 rings (SSSR count). The number of pyridine rings is 2. The Balaban J connectivity index is 1.66. The number of nitrogens with zero attached hydrogens (tertiary/aromatic N) is 2. The van der Waals surface area contributed by atoms with Gasteiger partial charge in [-0.15, -0.1) is 0 Å². The molecule has 3 heteroatoms. The van der Waals surface area contributed by atoms with Crippen LogP contribution < -0.4 is 0 Å². The summed E-state index contributed by atoms with van der Waals surface area (Å²) in [5.41, 5.74) is 4.81. The van der Waals surface area contributed by atoms with Gasteiger partial charge in [-0.25, -0.2) is 4.98 Å². The maximum Gasteiger partial charge on any atom is 0.227 e. The predicted molar refractivity (Wildman–Crippen MR) is 118 cm³/mol. The molecular weight excluding hydrogens is 356 g/mol. The van der Waals surface area contributed by atoms with E-state index in [0.717, 1.165) is 27.6 Å². The second kappa shape index (κ2) is 6.56. The van der Waals surface area contributed by atoms with Gasteiger partial charge in [0.05, 0.1) is 5.69 Å². The highest BCUT2D eigenvalue weighted by Crippen LogP contribution is 2.37. The van der Waals surface area contributed by atoms with E-state index in [0.29, 0.717) is 11.3 Å². The third-order valence-corrected chi connectivity index (χ3v) is 5.62. The number of hydrogen-bond acceptors (Lipinski definition) is 3. The minimum absolute atomic E-state index is 0.0235. The average Bonchev–Trinajstić information content (AvgIpc) is 3.17. The third kappa shape index (κ3) is 2.90. The van der Waals surface area contributed by atoms with E-state index in [2.05, 4.69) is 54.1 Å². The van der Waals surface area contributed by atoms with Crippen LogP contribution in [0.2, 0.25) is 0 Å². The lowest BCUT2D eigenvalue weighted by Gasteiger charge is -2.26. The third-order valence-electron chi connectivity index (χ3n) is 5.62. The first-order valence-electron chi connectivity index (χ1n) is 11.1. The molecule has 0 saturated heterocycles. The number of aromatic nitrogens is 2. The van der Waals surface area contributed by atoms with Gasteiger partial charge in [-0.05, 0) is 48.3 Å². The van der Waals surface area contributed by atoms with Gasteiger partial charge in [-0.3, -0.25) is 4.98 Å². The van der Waals surface area contributed by atoms with Gasteiger partial charge in [0.15, 0.2) is 0 Å². The van der Waals surface area contributed by atoms with Crippen molar-refractivity contribution in [2.45, 2.75) is 26.1 Å². The van der Waals surface area contributed by atoms with E-state index in [4.69, 9.17) is 8.53 Å². The molecule has 0 atom stereocenters. The first-order chi connectivity index (χ1) is 15.2. The zero-order chi connectivity index (χ0) is 22.5. The van der Waals surface area contributed by atoms with Gasteiger partial charge in [0.2, 0.25) is 5.71 Å². The molecule has 0 aliphatic heterocycles. The number of aryl methyl sites for hydroxylation is 1. The highest BCUT2D eigenvalue weighted by atomic mass is 16.3. The van der Waals surface area contributed by atoms with Crippen LogP contribution in [-0.4, -0.2) is 9.97 Å². The van der Waals surface area contributed by atoms with Gasteiger partial charge in [0, 0.05) is 37.8 Å². The Morgan fingerprint density at radius 3 is 2.55 bits per heavy atom. The van der Waals surface area contributed by atoms with Gasteiger partial charge < -0.3 is 4.42 Å². The van der Waals surface area contributed by atoms with Crippen molar-refractivity contribution in [2.75, 3.05) is 0 Å². The lowest BCUT2D eigenvalue weighted by Crippen LogP contribution is -2.18. The van der Waals surface area contributed by atoms with Crippen LogP contribution in [0.5, 0.6) is 0 Å². The number of benzene rings is 2. The molecule has 0 spiro atoms. The molecule has 0 saturated carbocycles. The highest BCUT2D eigenvalue weighted by molar-refractivity contribution is 6.08. The number of rotatable bonds is 3. The average molecular weight is 381 g/mol. The topological polar surface area (TPSA) is 38.9 Å². The van der Waals surface area contributed by atoms with Crippen molar-refractivity contribution in [3.05, 3.63) is 95.8 Å². The minimum atomic E-state index is -2.28. The molecule has 29 heavy (non-hydrogen) atoms. The molecule has 0 bridgehead atoms. The van der Waals surface area contributed by atoms with Gasteiger partial charge in [-0.1, -0.05) is 56.3 Å². The monoisotopic (exact) mass is 381 g/mol. The maximum atomic E-state index is 7.63. The summed E-state index contributed by atoms with van der Waals surface area (Å²) in [6, 6.07) is 23.7.